The third kappa shape index (κ3) is 3.40. The third-order valence-electron chi connectivity index (χ3n) is 3.44. The Morgan fingerprint density at radius 2 is 2.24 bits per heavy atom. The van der Waals surface area contributed by atoms with Crippen LogP contribution < -0.4 is 11.1 Å². The monoisotopic (exact) mass is 244 g/mol. The zero-order chi connectivity index (χ0) is 13.3. The second-order valence-electron chi connectivity index (χ2n) is 5.93. The average molecular weight is 244 g/mol. The Bertz CT molecular complexity index is 288. The number of carbonyl (C=O) groups is 1. The highest BCUT2D eigenvalue weighted by Crippen LogP contribution is 2.25. The minimum absolute atomic E-state index is 0.191. The summed E-state index contributed by atoms with van der Waals surface area (Å²) in [6.07, 6.45) is 0.285. The Kier molecular flexibility index (Phi) is 4.17. The van der Waals surface area contributed by atoms with Gasteiger partial charge in [0.2, 0.25) is 5.91 Å². The molecule has 1 fully saturated rings. The SMILES string of the molecule is CC1OCCC1(O)CNC(=O)[C@H](N)C(C)(C)C. The van der Waals surface area contributed by atoms with Gasteiger partial charge in [0, 0.05) is 19.6 Å². The van der Waals surface area contributed by atoms with E-state index in [9.17, 15) is 9.90 Å². The molecule has 0 bridgehead atoms. The fraction of sp³-hybridized carbons (Fsp3) is 0.917. The molecule has 0 aromatic heterocycles. The molecule has 1 rings (SSSR count). The van der Waals surface area contributed by atoms with Gasteiger partial charge in [0.1, 0.15) is 5.60 Å². The number of amides is 1. The zero-order valence-electron chi connectivity index (χ0n) is 11.1. The fourth-order valence-corrected chi connectivity index (χ4v) is 1.75. The van der Waals surface area contributed by atoms with Crippen molar-refractivity contribution in [2.45, 2.75) is 51.9 Å². The van der Waals surface area contributed by atoms with E-state index in [-0.39, 0.29) is 24.0 Å². The van der Waals surface area contributed by atoms with Gasteiger partial charge in [0.05, 0.1) is 12.1 Å². The second-order valence-corrected chi connectivity index (χ2v) is 5.93. The molecule has 1 aliphatic heterocycles. The Hall–Kier alpha value is -0.650. The molecule has 0 saturated carbocycles. The van der Waals surface area contributed by atoms with Crippen LogP contribution in [0.15, 0.2) is 0 Å². The van der Waals surface area contributed by atoms with E-state index < -0.39 is 11.6 Å². The summed E-state index contributed by atoms with van der Waals surface area (Å²) in [6.45, 7) is 8.26. The van der Waals surface area contributed by atoms with E-state index in [1.807, 2.05) is 27.7 Å². The standard InChI is InChI=1S/C12H24N2O3/c1-8-12(16,5-6-17-8)7-14-10(15)9(13)11(2,3)4/h8-9,16H,5-7,13H2,1-4H3,(H,14,15)/t8?,9-,12?/m0/s1. The van der Waals surface area contributed by atoms with Gasteiger partial charge >= 0.3 is 0 Å². The van der Waals surface area contributed by atoms with Gasteiger partial charge in [-0.3, -0.25) is 4.79 Å². The number of nitrogens with two attached hydrogens (primary N) is 1. The van der Waals surface area contributed by atoms with Gasteiger partial charge in [-0.2, -0.15) is 0 Å². The molecule has 1 heterocycles. The minimum atomic E-state index is -0.965. The number of hydrogen-bond acceptors (Lipinski definition) is 4. The number of hydrogen-bond donors (Lipinski definition) is 3. The first-order valence-electron chi connectivity index (χ1n) is 6.04. The van der Waals surface area contributed by atoms with E-state index in [0.717, 1.165) is 0 Å². The summed E-state index contributed by atoms with van der Waals surface area (Å²) in [5, 5.41) is 12.9. The predicted molar refractivity (Wildman–Crippen MR) is 65.4 cm³/mol. The molecule has 1 aliphatic rings. The van der Waals surface area contributed by atoms with Crippen molar-refractivity contribution in [2.75, 3.05) is 13.2 Å². The number of rotatable bonds is 3. The molecule has 3 atom stereocenters. The summed E-state index contributed by atoms with van der Waals surface area (Å²) in [6, 6.07) is -0.580. The minimum Gasteiger partial charge on any atom is -0.385 e. The first kappa shape index (κ1) is 14.4. The van der Waals surface area contributed by atoms with Gasteiger partial charge in [-0.1, -0.05) is 20.8 Å². The highest BCUT2D eigenvalue weighted by Gasteiger charge is 2.40. The highest BCUT2D eigenvalue weighted by molar-refractivity contribution is 5.82. The van der Waals surface area contributed by atoms with Crippen LogP contribution in [0.1, 0.15) is 34.1 Å². The fourth-order valence-electron chi connectivity index (χ4n) is 1.75. The van der Waals surface area contributed by atoms with Crippen LogP contribution in [0.4, 0.5) is 0 Å². The second kappa shape index (κ2) is 4.92. The van der Waals surface area contributed by atoms with Crippen molar-refractivity contribution >= 4 is 5.91 Å². The molecule has 0 aliphatic carbocycles. The van der Waals surface area contributed by atoms with E-state index in [1.165, 1.54) is 0 Å². The van der Waals surface area contributed by atoms with Crippen molar-refractivity contribution in [3.63, 3.8) is 0 Å². The molecular weight excluding hydrogens is 220 g/mol. The topological polar surface area (TPSA) is 84.6 Å². The van der Waals surface area contributed by atoms with Crippen LogP contribution in [0, 0.1) is 5.41 Å². The Balaban J connectivity index is 2.48. The van der Waals surface area contributed by atoms with Crippen molar-refractivity contribution < 1.29 is 14.6 Å². The molecule has 0 aromatic carbocycles. The number of ether oxygens (including phenoxy) is 1. The maximum Gasteiger partial charge on any atom is 0.237 e. The van der Waals surface area contributed by atoms with Crippen molar-refractivity contribution in [1.29, 1.82) is 0 Å². The molecular formula is C12H24N2O3. The molecule has 0 radical (unpaired) electrons. The van der Waals surface area contributed by atoms with Gasteiger partial charge in [-0.15, -0.1) is 0 Å². The summed E-state index contributed by atoms with van der Waals surface area (Å²) in [5.74, 6) is -0.231. The quantitative estimate of drug-likeness (QED) is 0.653. The van der Waals surface area contributed by atoms with Crippen LogP contribution in [0.3, 0.4) is 0 Å². The molecule has 5 heteroatoms. The van der Waals surface area contributed by atoms with E-state index in [4.69, 9.17) is 10.5 Å². The summed E-state index contributed by atoms with van der Waals surface area (Å²) in [7, 11) is 0. The summed E-state index contributed by atoms with van der Waals surface area (Å²) < 4.78 is 5.30. The largest absolute Gasteiger partial charge is 0.385 e. The molecule has 17 heavy (non-hydrogen) atoms. The van der Waals surface area contributed by atoms with Gasteiger partial charge in [-0.25, -0.2) is 0 Å². The summed E-state index contributed by atoms with van der Waals surface area (Å²) in [4.78, 5) is 11.8. The molecule has 1 amide bonds. The molecule has 0 spiro atoms. The predicted octanol–water partition coefficient (Wildman–Crippen LogP) is 0.0159. The maximum atomic E-state index is 11.8. The number of nitrogens with one attached hydrogen (secondary N) is 1. The molecule has 4 N–H and O–H groups in total. The van der Waals surface area contributed by atoms with Crippen LogP contribution in [0.2, 0.25) is 0 Å². The van der Waals surface area contributed by atoms with Gasteiger partial charge in [0.25, 0.3) is 0 Å². The van der Waals surface area contributed by atoms with Gasteiger partial charge < -0.3 is 20.9 Å². The van der Waals surface area contributed by atoms with Crippen LogP contribution >= 0.6 is 0 Å². The number of carbonyl (C=O) groups excluding carboxylic acids is 1. The van der Waals surface area contributed by atoms with Crippen LogP contribution in [0.5, 0.6) is 0 Å². The van der Waals surface area contributed by atoms with Gasteiger partial charge in [0.15, 0.2) is 0 Å². The normalized spacial score (nSPS) is 31.3. The molecule has 0 aromatic rings. The van der Waals surface area contributed by atoms with E-state index in [0.29, 0.717) is 13.0 Å². The van der Waals surface area contributed by atoms with E-state index >= 15 is 0 Å². The highest BCUT2D eigenvalue weighted by atomic mass is 16.5. The van der Waals surface area contributed by atoms with Crippen molar-refractivity contribution in [3.05, 3.63) is 0 Å². The van der Waals surface area contributed by atoms with Crippen LogP contribution in [0.25, 0.3) is 0 Å². The van der Waals surface area contributed by atoms with Crippen molar-refractivity contribution in [1.82, 2.24) is 5.32 Å². The van der Waals surface area contributed by atoms with Crippen molar-refractivity contribution in [2.24, 2.45) is 11.1 Å². The van der Waals surface area contributed by atoms with Crippen LogP contribution in [-0.2, 0) is 9.53 Å². The lowest BCUT2D eigenvalue weighted by atomic mass is 9.86. The Morgan fingerprint density at radius 3 is 2.65 bits per heavy atom. The van der Waals surface area contributed by atoms with Crippen molar-refractivity contribution in [3.8, 4) is 0 Å². The molecule has 100 valence electrons. The van der Waals surface area contributed by atoms with Gasteiger partial charge in [-0.05, 0) is 12.3 Å². The van der Waals surface area contributed by atoms with E-state index in [2.05, 4.69) is 5.32 Å². The number of aliphatic hydroxyl groups is 1. The molecule has 1 saturated heterocycles. The molecule has 5 nitrogen and oxygen atoms in total. The lowest BCUT2D eigenvalue weighted by molar-refractivity contribution is -0.126. The zero-order valence-corrected chi connectivity index (χ0v) is 11.1. The molecule has 2 unspecified atom stereocenters. The van der Waals surface area contributed by atoms with E-state index in [1.54, 1.807) is 0 Å². The lowest BCUT2D eigenvalue weighted by Crippen LogP contribution is -2.54. The summed E-state index contributed by atoms with van der Waals surface area (Å²) >= 11 is 0. The maximum absolute atomic E-state index is 11.8. The first-order valence-corrected chi connectivity index (χ1v) is 6.04. The Labute approximate surface area is 103 Å². The lowest BCUT2D eigenvalue weighted by Gasteiger charge is -2.30. The third-order valence-corrected chi connectivity index (χ3v) is 3.44. The first-order chi connectivity index (χ1) is 7.67. The average Bonchev–Trinajstić information content (AvgIpc) is 2.54. The van der Waals surface area contributed by atoms with Crippen LogP contribution in [-0.4, -0.2) is 41.9 Å². The Morgan fingerprint density at radius 1 is 1.65 bits per heavy atom. The smallest absolute Gasteiger partial charge is 0.237 e. The summed E-state index contributed by atoms with van der Waals surface area (Å²) in [5.41, 5.74) is 4.58.